The minimum atomic E-state index is -0.163. The zero-order valence-corrected chi connectivity index (χ0v) is 13.5. The lowest BCUT2D eigenvalue weighted by molar-refractivity contribution is -0.117. The summed E-state index contributed by atoms with van der Waals surface area (Å²) in [6, 6.07) is 7.70. The average molecular weight is 291 g/mol. The first-order chi connectivity index (χ1) is 10.1. The van der Waals surface area contributed by atoms with Gasteiger partial charge in [0.2, 0.25) is 5.91 Å². The number of anilines is 1. The molecule has 0 aliphatic heterocycles. The number of carbonyl (C=O) groups excluding carboxylic acids is 1. The number of nitrogens with one attached hydrogen (secondary N) is 3. The van der Waals surface area contributed by atoms with Crippen molar-refractivity contribution in [2.75, 3.05) is 25.5 Å². The van der Waals surface area contributed by atoms with Crippen LogP contribution in [0.4, 0.5) is 5.69 Å². The fraction of sp³-hybridized carbons (Fsp3) is 0.588. The van der Waals surface area contributed by atoms with Crippen LogP contribution in [-0.4, -0.2) is 32.1 Å². The third kappa shape index (κ3) is 7.83. The van der Waals surface area contributed by atoms with Crippen LogP contribution in [0.1, 0.15) is 38.2 Å². The van der Waals surface area contributed by atoms with E-state index in [-0.39, 0.29) is 11.9 Å². The van der Waals surface area contributed by atoms with Gasteiger partial charge in [-0.15, -0.1) is 0 Å². The summed E-state index contributed by atoms with van der Waals surface area (Å²) in [6.45, 7) is 5.92. The van der Waals surface area contributed by atoms with Gasteiger partial charge >= 0.3 is 0 Å². The maximum atomic E-state index is 12.0. The number of rotatable bonds is 10. The number of amides is 1. The van der Waals surface area contributed by atoms with Crippen molar-refractivity contribution >= 4 is 11.6 Å². The molecule has 4 nitrogen and oxygen atoms in total. The van der Waals surface area contributed by atoms with Crippen molar-refractivity contribution in [3.63, 3.8) is 0 Å². The molecule has 4 heteroatoms. The Balaban J connectivity index is 2.15. The highest BCUT2D eigenvalue weighted by atomic mass is 16.2. The lowest BCUT2D eigenvalue weighted by Gasteiger charge is -2.14. The summed E-state index contributed by atoms with van der Waals surface area (Å²) in [7, 11) is 1.98. The minimum Gasteiger partial charge on any atom is -0.325 e. The third-order valence-electron chi connectivity index (χ3n) is 3.52. The predicted molar refractivity (Wildman–Crippen MR) is 89.7 cm³/mol. The summed E-state index contributed by atoms with van der Waals surface area (Å²) in [5.41, 5.74) is 2.05. The molecule has 0 radical (unpaired) electrons. The van der Waals surface area contributed by atoms with E-state index in [1.54, 1.807) is 0 Å². The topological polar surface area (TPSA) is 53.2 Å². The molecule has 0 saturated carbocycles. The molecule has 0 fully saturated rings. The first-order valence-electron chi connectivity index (χ1n) is 7.89. The van der Waals surface area contributed by atoms with Crippen molar-refractivity contribution < 1.29 is 4.79 Å². The second kappa shape index (κ2) is 10.4. The molecule has 3 N–H and O–H groups in total. The monoisotopic (exact) mass is 291 g/mol. The second-order valence-corrected chi connectivity index (χ2v) is 5.55. The third-order valence-corrected chi connectivity index (χ3v) is 3.52. The summed E-state index contributed by atoms with van der Waals surface area (Å²) >= 11 is 0. The number of aryl methyl sites for hydroxylation is 1. The molecule has 0 aliphatic rings. The summed E-state index contributed by atoms with van der Waals surface area (Å²) in [6.07, 6.45) is 4.79. The van der Waals surface area contributed by atoms with Gasteiger partial charge in [-0.2, -0.15) is 0 Å². The van der Waals surface area contributed by atoms with Crippen LogP contribution in [0.25, 0.3) is 0 Å². The van der Waals surface area contributed by atoms with E-state index in [2.05, 4.69) is 16.0 Å². The Morgan fingerprint density at radius 3 is 2.29 bits per heavy atom. The van der Waals surface area contributed by atoms with Crippen LogP contribution in [0.15, 0.2) is 24.3 Å². The van der Waals surface area contributed by atoms with Gasteiger partial charge in [0.15, 0.2) is 0 Å². The van der Waals surface area contributed by atoms with Crippen molar-refractivity contribution in [2.45, 2.75) is 45.6 Å². The van der Waals surface area contributed by atoms with Crippen molar-refractivity contribution in [3.05, 3.63) is 29.8 Å². The van der Waals surface area contributed by atoms with Gasteiger partial charge in [0.1, 0.15) is 0 Å². The summed E-state index contributed by atoms with van der Waals surface area (Å²) in [5.74, 6) is 0.0223. The molecule has 1 rings (SSSR count). The normalized spacial score (nSPS) is 12.1. The molecule has 1 atom stereocenters. The van der Waals surface area contributed by atoms with E-state index in [4.69, 9.17) is 0 Å². The van der Waals surface area contributed by atoms with E-state index in [1.807, 2.05) is 45.2 Å². The van der Waals surface area contributed by atoms with Gasteiger partial charge in [-0.3, -0.25) is 4.79 Å². The molecule has 1 amide bonds. The van der Waals surface area contributed by atoms with E-state index >= 15 is 0 Å². The van der Waals surface area contributed by atoms with Gasteiger partial charge in [0.05, 0.1) is 6.04 Å². The highest BCUT2D eigenvalue weighted by Gasteiger charge is 2.11. The zero-order chi connectivity index (χ0) is 15.5. The average Bonchev–Trinajstić information content (AvgIpc) is 2.48. The predicted octanol–water partition coefficient (Wildman–Crippen LogP) is 2.69. The van der Waals surface area contributed by atoms with Crippen molar-refractivity contribution in [1.29, 1.82) is 0 Å². The van der Waals surface area contributed by atoms with Gasteiger partial charge in [-0.05, 0) is 59.0 Å². The fourth-order valence-electron chi connectivity index (χ4n) is 2.08. The van der Waals surface area contributed by atoms with Gasteiger partial charge in [-0.1, -0.05) is 30.5 Å². The number of carbonyl (C=O) groups is 1. The summed E-state index contributed by atoms with van der Waals surface area (Å²) < 4.78 is 0. The maximum Gasteiger partial charge on any atom is 0.241 e. The lowest BCUT2D eigenvalue weighted by atomic mass is 10.2. The van der Waals surface area contributed by atoms with Crippen LogP contribution in [0.2, 0.25) is 0 Å². The summed E-state index contributed by atoms with van der Waals surface area (Å²) in [4.78, 5) is 12.0. The van der Waals surface area contributed by atoms with Gasteiger partial charge < -0.3 is 16.0 Å². The van der Waals surface area contributed by atoms with E-state index in [0.29, 0.717) is 0 Å². The Morgan fingerprint density at radius 1 is 1.05 bits per heavy atom. The second-order valence-electron chi connectivity index (χ2n) is 5.55. The van der Waals surface area contributed by atoms with Crippen LogP contribution < -0.4 is 16.0 Å². The molecular formula is C17H29N3O. The quantitative estimate of drug-likeness (QED) is 0.581. The zero-order valence-electron chi connectivity index (χ0n) is 13.5. The Kier molecular flexibility index (Phi) is 8.71. The van der Waals surface area contributed by atoms with Gasteiger partial charge in [0.25, 0.3) is 0 Å². The number of hydrogen-bond donors (Lipinski definition) is 3. The number of unbranched alkanes of at least 4 members (excludes halogenated alkanes) is 3. The van der Waals surface area contributed by atoms with Crippen LogP contribution in [-0.2, 0) is 4.79 Å². The first kappa shape index (κ1) is 17.7. The van der Waals surface area contributed by atoms with Crippen molar-refractivity contribution in [1.82, 2.24) is 10.6 Å². The number of hydrogen-bond acceptors (Lipinski definition) is 3. The summed E-state index contributed by atoms with van der Waals surface area (Å²) in [5, 5.41) is 9.36. The molecule has 0 aromatic heterocycles. The number of benzene rings is 1. The lowest BCUT2D eigenvalue weighted by Crippen LogP contribution is -2.38. The molecule has 0 saturated heterocycles. The van der Waals surface area contributed by atoms with Crippen molar-refractivity contribution in [3.8, 4) is 0 Å². The Hall–Kier alpha value is -1.39. The Labute approximate surface area is 128 Å². The smallest absolute Gasteiger partial charge is 0.241 e. The standard InChI is InChI=1S/C17H29N3O/c1-14-8-10-16(11-9-14)20-17(21)15(2)19-13-7-5-4-6-12-18-3/h8-11,15,18-19H,4-7,12-13H2,1-3H3,(H,20,21). The SMILES string of the molecule is CNCCCCCCNC(C)C(=O)Nc1ccc(C)cc1. The van der Waals surface area contributed by atoms with Gasteiger partial charge in [0, 0.05) is 5.69 Å². The molecular weight excluding hydrogens is 262 g/mol. The van der Waals surface area contributed by atoms with E-state index < -0.39 is 0 Å². The van der Waals surface area contributed by atoms with E-state index in [9.17, 15) is 4.79 Å². The molecule has 1 aromatic carbocycles. The fourth-order valence-corrected chi connectivity index (χ4v) is 2.08. The first-order valence-corrected chi connectivity index (χ1v) is 7.89. The maximum absolute atomic E-state index is 12.0. The highest BCUT2D eigenvalue weighted by molar-refractivity contribution is 5.94. The van der Waals surface area contributed by atoms with E-state index in [1.165, 1.54) is 24.8 Å². The molecule has 0 bridgehead atoms. The molecule has 118 valence electrons. The molecule has 0 heterocycles. The molecule has 0 aliphatic carbocycles. The molecule has 1 aromatic rings. The molecule has 1 unspecified atom stereocenters. The Bertz CT molecular complexity index is 403. The Morgan fingerprint density at radius 2 is 1.67 bits per heavy atom. The highest BCUT2D eigenvalue weighted by Crippen LogP contribution is 2.08. The minimum absolute atomic E-state index is 0.0223. The van der Waals surface area contributed by atoms with E-state index in [0.717, 1.165) is 25.2 Å². The molecule has 21 heavy (non-hydrogen) atoms. The van der Waals surface area contributed by atoms with Crippen LogP contribution in [0, 0.1) is 6.92 Å². The van der Waals surface area contributed by atoms with Crippen LogP contribution in [0.5, 0.6) is 0 Å². The van der Waals surface area contributed by atoms with Crippen LogP contribution >= 0.6 is 0 Å². The molecule has 0 spiro atoms. The largest absolute Gasteiger partial charge is 0.325 e. The van der Waals surface area contributed by atoms with Crippen LogP contribution in [0.3, 0.4) is 0 Å². The van der Waals surface area contributed by atoms with Gasteiger partial charge in [-0.25, -0.2) is 0 Å². The van der Waals surface area contributed by atoms with Crippen molar-refractivity contribution in [2.24, 2.45) is 0 Å².